The fourth-order valence-electron chi connectivity index (χ4n) is 2.93. The molecular formula is C19H22Cl2N4O2S. The van der Waals surface area contributed by atoms with E-state index in [2.05, 4.69) is 10.2 Å². The van der Waals surface area contributed by atoms with E-state index in [1.165, 1.54) is 11.3 Å². The van der Waals surface area contributed by atoms with E-state index in [9.17, 15) is 9.59 Å². The number of urea groups is 1. The Balaban J connectivity index is 2.01. The zero-order valence-electron chi connectivity index (χ0n) is 16.2. The monoisotopic (exact) mass is 440 g/mol. The number of nitrogens with zero attached hydrogens (tertiary/aromatic N) is 4. The van der Waals surface area contributed by atoms with Gasteiger partial charge in [-0.2, -0.15) is 0 Å². The van der Waals surface area contributed by atoms with Gasteiger partial charge in [-0.25, -0.2) is 9.69 Å². The molecule has 1 aliphatic rings. The van der Waals surface area contributed by atoms with E-state index in [4.69, 9.17) is 23.2 Å². The van der Waals surface area contributed by atoms with Gasteiger partial charge in [0.1, 0.15) is 11.0 Å². The van der Waals surface area contributed by atoms with Crippen molar-refractivity contribution in [1.82, 2.24) is 15.1 Å². The first kappa shape index (κ1) is 21.0. The van der Waals surface area contributed by atoms with Gasteiger partial charge < -0.3 is 4.90 Å². The number of carbonyl (C=O) groups is 2. The molecule has 1 atom stereocenters. The van der Waals surface area contributed by atoms with E-state index in [-0.39, 0.29) is 17.4 Å². The number of hydrogen-bond donors (Lipinski definition) is 0. The quantitative estimate of drug-likeness (QED) is 0.579. The number of hydrogen-bond acceptors (Lipinski definition) is 5. The molecule has 0 aliphatic carbocycles. The highest BCUT2D eigenvalue weighted by atomic mass is 35.5. The van der Waals surface area contributed by atoms with Gasteiger partial charge in [-0.15, -0.1) is 10.2 Å². The molecule has 1 fully saturated rings. The van der Waals surface area contributed by atoms with Crippen LogP contribution in [0.5, 0.6) is 0 Å². The maximum absolute atomic E-state index is 13.3. The van der Waals surface area contributed by atoms with E-state index >= 15 is 0 Å². The molecule has 1 aromatic carbocycles. The number of imide groups is 1. The second kappa shape index (κ2) is 7.97. The molecule has 0 N–H and O–H groups in total. The first-order valence-electron chi connectivity index (χ1n) is 9.08. The van der Waals surface area contributed by atoms with Crippen LogP contribution in [0.1, 0.15) is 57.1 Å². The normalized spacial score (nSPS) is 17.7. The first-order chi connectivity index (χ1) is 13.1. The lowest BCUT2D eigenvalue weighted by Gasteiger charge is -2.22. The number of unbranched alkanes of at least 4 members (excludes halogenated alkanes) is 1. The highest BCUT2D eigenvalue weighted by Gasteiger charge is 2.48. The summed E-state index contributed by atoms with van der Waals surface area (Å²) in [6.45, 7) is 8.53. The molecule has 2 aromatic rings. The van der Waals surface area contributed by atoms with Gasteiger partial charge in [0.25, 0.3) is 5.91 Å². The third kappa shape index (κ3) is 3.88. The smallest absolute Gasteiger partial charge is 0.308 e. The summed E-state index contributed by atoms with van der Waals surface area (Å²) in [6, 6.07) is 3.87. The molecule has 3 rings (SSSR count). The maximum atomic E-state index is 13.3. The van der Waals surface area contributed by atoms with Crippen molar-refractivity contribution in [2.24, 2.45) is 0 Å². The average Bonchev–Trinajstić information content (AvgIpc) is 3.19. The SMILES string of the molecule is CCCCN1C(=O)N(c2nnc(C(C)(C)C)s2)C(=O)C1c1ccc(Cl)c(Cl)c1. The number of aromatic nitrogens is 2. The zero-order valence-corrected chi connectivity index (χ0v) is 18.5. The Morgan fingerprint density at radius 1 is 1.14 bits per heavy atom. The second-order valence-corrected chi connectivity index (χ2v) is 9.49. The van der Waals surface area contributed by atoms with Gasteiger partial charge in [0.05, 0.1) is 10.0 Å². The summed E-state index contributed by atoms with van der Waals surface area (Å²) in [6.07, 6.45) is 1.69. The van der Waals surface area contributed by atoms with Crippen molar-refractivity contribution >= 4 is 51.6 Å². The van der Waals surface area contributed by atoms with Crippen LogP contribution in [0.3, 0.4) is 0 Å². The van der Waals surface area contributed by atoms with Crippen LogP contribution in [0.4, 0.5) is 9.93 Å². The van der Waals surface area contributed by atoms with Gasteiger partial charge in [0.2, 0.25) is 5.13 Å². The Hall–Kier alpha value is -1.70. The van der Waals surface area contributed by atoms with Crippen molar-refractivity contribution in [3.05, 3.63) is 38.8 Å². The molecule has 1 unspecified atom stereocenters. The minimum absolute atomic E-state index is 0.216. The molecule has 6 nitrogen and oxygen atoms in total. The third-order valence-electron chi connectivity index (χ3n) is 4.46. The molecule has 9 heteroatoms. The lowest BCUT2D eigenvalue weighted by Crippen LogP contribution is -2.33. The van der Waals surface area contributed by atoms with Crippen molar-refractivity contribution < 1.29 is 9.59 Å². The Morgan fingerprint density at radius 2 is 1.86 bits per heavy atom. The van der Waals surface area contributed by atoms with Gasteiger partial charge in [-0.3, -0.25) is 4.79 Å². The predicted octanol–water partition coefficient (Wildman–Crippen LogP) is 5.45. The topological polar surface area (TPSA) is 66.4 Å². The number of carbonyl (C=O) groups excluding carboxylic acids is 2. The van der Waals surface area contributed by atoms with E-state index in [1.807, 2.05) is 27.7 Å². The molecule has 0 bridgehead atoms. The predicted molar refractivity (Wildman–Crippen MR) is 112 cm³/mol. The zero-order chi connectivity index (χ0) is 20.6. The van der Waals surface area contributed by atoms with Crippen LogP contribution >= 0.6 is 34.5 Å². The van der Waals surface area contributed by atoms with Crippen LogP contribution in [-0.2, 0) is 10.2 Å². The lowest BCUT2D eigenvalue weighted by atomic mass is 9.98. The number of amides is 3. The molecule has 1 saturated heterocycles. The van der Waals surface area contributed by atoms with E-state index in [0.717, 1.165) is 22.7 Å². The molecule has 0 saturated carbocycles. The Labute approximate surface area is 178 Å². The lowest BCUT2D eigenvalue weighted by molar-refractivity contribution is -0.119. The fraction of sp³-hybridized carbons (Fsp3) is 0.474. The van der Waals surface area contributed by atoms with E-state index < -0.39 is 6.04 Å². The minimum atomic E-state index is -0.754. The Kier molecular flexibility index (Phi) is 5.98. The van der Waals surface area contributed by atoms with Crippen LogP contribution in [0, 0.1) is 0 Å². The third-order valence-corrected chi connectivity index (χ3v) is 6.54. The van der Waals surface area contributed by atoms with Crippen LogP contribution in [0.25, 0.3) is 0 Å². The molecule has 2 heterocycles. The molecule has 0 radical (unpaired) electrons. The van der Waals surface area contributed by atoms with Crippen LogP contribution in [0.2, 0.25) is 10.0 Å². The van der Waals surface area contributed by atoms with Crippen LogP contribution in [-0.4, -0.2) is 33.6 Å². The van der Waals surface area contributed by atoms with Gasteiger partial charge in [0, 0.05) is 12.0 Å². The molecular weight excluding hydrogens is 419 g/mol. The van der Waals surface area contributed by atoms with E-state index in [1.54, 1.807) is 23.1 Å². The highest BCUT2D eigenvalue weighted by molar-refractivity contribution is 7.15. The first-order valence-corrected chi connectivity index (χ1v) is 10.7. The molecule has 28 heavy (non-hydrogen) atoms. The largest absolute Gasteiger partial charge is 0.334 e. The molecule has 3 amide bonds. The summed E-state index contributed by atoms with van der Waals surface area (Å²) in [5.74, 6) is -0.351. The summed E-state index contributed by atoms with van der Waals surface area (Å²) in [5, 5.41) is 10.1. The highest BCUT2D eigenvalue weighted by Crippen LogP contribution is 2.39. The molecule has 1 aliphatic heterocycles. The number of benzene rings is 1. The standard InChI is InChI=1S/C19H22Cl2N4O2S/c1-5-6-9-24-14(11-7-8-12(20)13(21)10-11)15(26)25(18(24)27)17-23-22-16(28-17)19(2,3)4/h7-8,10,14H,5-6,9H2,1-4H3. The van der Waals surface area contributed by atoms with Crippen LogP contribution in [0.15, 0.2) is 18.2 Å². The summed E-state index contributed by atoms with van der Waals surface area (Å²) >= 11 is 13.4. The number of anilines is 1. The van der Waals surface area contributed by atoms with Gasteiger partial charge in [-0.1, -0.05) is 74.7 Å². The number of halogens is 2. The van der Waals surface area contributed by atoms with Gasteiger partial charge in [-0.05, 0) is 24.1 Å². The average molecular weight is 441 g/mol. The van der Waals surface area contributed by atoms with Crippen LogP contribution < -0.4 is 4.90 Å². The summed E-state index contributed by atoms with van der Waals surface area (Å²) in [5.41, 5.74) is 0.416. The fourth-order valence-corrected chi connectivity index (χ4v) is 4.14. The Bertz CT molecular complexity index is 910. The molecule has 150 valence electrons. The number of rotatable bonds is 5. The second-order valence-electron chi connectivity index (χ2n) is 7.72. The van der Waals surface area contributed by atoms with Crippen molar-refractivity contribution in [1.29, 1.82) is 0 Å². The van der Waals surface area contributed by atoms with Gasteiger partial charge >= 0.3 is 6.03 Å². The Morgan fingerprint density at radius 3 is 2.43 bits per heavy atom. The molecule has 0 spiro atoms. The summed E-state index contributed by atoms with van der Waals surface area (Å²) in [7, 11) is 0. The molecule has 1 aromatic heterocycles. The maximum Gasteiger partial charge on any atom is 0.334 e. The van der Waals surface area contributed by atoms with Crippen molar-refractivity contribution in [2.75, 3.05) is 11.4 Å². The van der Waals surface area contributed by atoms with Crippen molar-refractivity contribution in [2.45, 2.75) is 52.0 Å². The van der Waals surface area contributed by atoms with E-state index in [0.29, 0.717) is 27.3 Å². The summed E-state index contributed by atoms with van der Waals surface area (Å²) in [4.78, 5) is 29.1. The van der Waals surface area contributed by atoms with Crippen molar-refractivity contribution in [3.63, 3.8) is 0 Å². The summed E-state index contributed by atoms with van der Waals surface area (Å²) < 4.78 is 0. The van der Waals surface area contributed by atoms with Crippen molar-refractivity contribution in [3.8, 4) is 0 Å². The minimum Gasteiger partial charge on any atom is -0.308 e. The van der Waals surface area contributed by atoms with Gasteiger partial charge in [0.15, 0.2) is 0 Å².